The Morgan fingerprint density at radius 2 is 1.06 bits per heavy atom. The molecule has 8 atom stereocenters. The van der Waals surface area contributed by atoms with Gasteiger partial charge >= 0.3 is 0 Å². The third-order valence-corrected chi connectivity index (χ3v) is 14.6. The molecule has 0 aromatic heterocycles. The Labute approximate surface area is 409 Å². The topological polar surface area (TPSA) is 197 Å². The average Bonchev–Trinajstić information content (AvgIpc) is 4.05. The first-order chi connectivity index (χ1) is 33.1. The number of amides is 6. The van der Waals surface area contributed by atoms with Crippen molar-refractivity contribution in [3.05, 3.63) is 58.7 Å². The Balaban J connectivity index is 0.966. The summed E-state index contributed by atoms with van der Waals surface area (Å²) in [6.45, 7) is 15.5. The molecule has 0 saturated carbocycles. The van der Waals surface area contributed by atoms with Crippen LogP contribution >= 0.6 is 0 Å². The first-order valence-corrected chi connectivity index (χ1v) is 25.7. The van der Waals surface area contributed by atoms with Crippen LogP contribution in [-0.2, 0) is 46.3 Å². The van der Waals surface area contributed by atoms with E-state index in [4.69, 9.17) is 14.2 Å². The predicted molar refractivity (Wildman–Crippen MR) is 263 cm³/mol. The summed E-state index contributed by atoms with van der Waals surface area (Å²) >= 11 is 0. The van der Waals surface area contributed by atoms with Gasteiger partial charge in [-0.3, -0.25) is 28.8 Å². The molecule has 2 aliphatic heterocycles. The second-order valence-electron chi connectivity index (χ2n) is 20.0. The third-order valence-electron chi connectivity index (χ3n) is 14.6. The van der Waals surface area contributed by atoms with E-state index in [-0.39, 0.29) is 65.3 Å². The van der Waals surface area contributed by atoms with E-state index in [1.807, 2.05) is 77.9 Å². The number of hydrogen-bond acceptors (Lipinski definition) is 10. The fraction of sp³-hybridized carbons (Fsp3) is 0.660. The number of hydrogen-bond donors (Lipinski definition) is 5. The number of fused-ring (bicyclic) bond motifs is 2. The Morgan fingerprint density at radius 1 is 0.609 bits per heavy atom. The molecule has 6 amide bonds. The summed E-state index contributed by atoms with van der Waals surface area (Å²) in [4.78, 5) is 84.1. The Morgan fingerprint density at radius 3 is 1.48 bits per heavy atom. The van der Waals surface area contributed by atoms with Gasteiger partial charge in [-0.05, 0) is 131 Å². The first-order valence-electron chi connectivity index (χ1n) is 25.7. The molecule has 2 aliphatic carbocycles. The van der Waals surface area contributed by atoms with Crippen LogP contribution in [0.4, 0.5) is 0 Å². The minimum absolute atomic E-state index is 0.119. The van der Waals surface area contributed by atoms with Gasteiger partial charge in [-0.2, -0.15) is 0 Å². The van der Waals surface area contributed by atoms with Gasteiger partial charge < -0.3 is 50.6 Å². The van der Waals surface area contributed by atoms with Crippen LogP contribution in [0.1, 0.15) is 141 Å². The number of nitrogens with zero attached hydrogens (tertiary/aromatic N) is 2. The highest BCUT2D eigenvalue weighted by Gasteiger charge is 2.42. The first kappa shape index (κ1) is 53.1. The van der Waals surface area contributed by atoms with E-state index in [1.165, 1.54) is 0 Å². The smallest absolute Gasteiger partial charge is 0.246 e. The van der Waals surface area contributed by atoms with Gasteiger partial charge in [0.2, 0.25) is 35.4 Å². The molecular formula is C53H79N7O9. The van der Waals surface area contributed by atoms with Crippen LogP contribution in [0.2, 0.25) is 0 Å². The van der Waals surface area contributed by atoms with E-state index in [9.17, 15) is 28.8 Å². The largest absolute Gasteiger partial charge is 0.491 e. The van der Waals surface area contributed by atoms with Crippen molar-refractivity contribution < 1.29 is 43.0 Å². The molecule has 2 fully saturated rings. The maximum Gasteiger partial charge on any atom is 0.246 e. The van der Waals surface area contributed by atoms with Crippen molar-refractivity contribution >= 4 is 35.4 Å². The van der Waals surface area contributed by atoms with Crippen molar-refractivity contribution in [2.75, 3.05) is 46.6 Å². The molecular weight excluding hydrogens is 879 g/mol. The van der Waals surface area contributed by atoms with Crippen molar-refractivity contribution in [1.29, 1.82) is 0 Å². The van der Waals surface area contributed by atoms with Crippen LogP contribution in [0, 0.1) is 17.8 Å². The van der Waals surface area contributed by atoms with E-state index in [2.05, 4.69) is 26.6 Å². The van der Waals surface area contributed by atoms with E-state index >= 15 is 0 Å². The van der Waals surface area contributed by atoms with Gasteiger partial charge in [0.05, 0.1) is 31.3 Å². The van der Waals surface area contributed by atoms with Gasteiger partial charge in [-0.25, -0.2) is 0 Å². The fourth-order valence-electron chi connectivity index (χ4n) is 10.1. The lowest BCUT2D eigenvalue weighted by Crippen LogP contribution is -2.57. The highest BCUT2D eigenvalue weighted by molar-refractivity contribution is 5.94. The average molecular weight is 958 g/mol. The quantitative estimate of drug-likeness (QED) is 0.0996. The lowest BCUT2D eigenvalue weighted by molar-refractivity contribution is -0.143. The molecule has 0 bridgehead atoms. The number of rotatable bonds is 22. The maximum atomic E-state index is 13.9. The van der Waals surface area contributed by atoms with Crippen LogP contribution in [0.5, 0.6) is 11.5 Å². The Kier molecular flexibility index (Phi) is 19.3. The van der Waals surface area contributed by atoms with Crippen LogP contribution in [0.15, 0.2) is 36.4 Å². The van der Waals surface area contributed by atoms with Gasteiger partial charge in [-0.1, -0.05) is 65.8 Å². The van der Waals surface area contributed by atoms with E-state index < -0.39 is 30.2 Å². The summed E-state index contributed by atoms with van der Waals surface area (Å²) in [6.07, 6.45) is 8.24. The number of ether oxygens (including phenoxy) is 3. The van der Waals surface area contributed by atoms with Crippen LogP contribution in [0.3, 0.4) is 0 Å². The molecule has 0 unspecified atom stereocenters. The highest BCUT2D eigenvalue weighted by atomic mass is 16.5. The number of carbonyl (C=O) groups excluding carboxylic acids is 6. The van der Waals surface area contributed by atoms with Crippen molar-refractivity contribution in [2.45, 2.75) is 161 Å². The third kappa shape index (κ3) is 13.2. The summed E-state index contributed by atoms with van der Waals surface area (Å²) in [5.41, 5.74) is 4.19. The summed E-state index contributed by atoms with van der Waals surface area (Å²) in [5.74, 6) is -0.0963. The Bertz CT molecular complexity index is 1970. The number of benzene rings is 2. The summed E-state index contributed by atoms with van der Waals surface area (Å²) < 4.78 is 18.5. The zero-order valence-corrected chi connectivity index (χ0v) is 42.3. The molecule has 2 heterocycles. The van der Waals surface area contributed by atoms with Crippen LogP contribution in [0.25, 0.3) is 0 Å². The van der Waals surface area contributed by atoms with Crippen molar-refractivity contribution in [1.82, 2.24) is 36.4 Å². The molecule has 2 saturated heterocycles. The number of likely N-dealkylation sites (N-methyl/N-ethyl adjacent to an activating group) is 1. The van der Waals surface area contributed by atoms with Gasteiger partial charge in [0.25, 0.3) is 0 Å². The molecule has 2 aromatic carbocycles. The number of nitrogens with one attached hydrogen (secondary N) is 5. The summed E-state index contributed by atoms with van der Waals surface area (Å²) in [7, 11) is 1.70. The molecule has 16 heteroatoms. The fourth-order valence-corrected chi connectivity index (χ4v) is 10.1. The van der Waals surface area contributed by atoms with Crippen molar-refractivity contribution in [2.24, 2.45) is 17.8 Å². The lowest BCUT2D eigenvalue weighted by Gasteiger charge is -2.33. The molecule has 0 spiro atoms. The van der Waals surface area contributed by atoms with E-state index in [0.717, 1.165) is 78.7 Å². The second kappa shape index (κ2) is 25.1. The second-order valence-corrected chi connectivity index (χ2v) is 20.0. The lowest BCUT2D eigenvalue weighted by atomic mass is 9.87. The molecule has 6 rings (SSSR count). The van der Waals surface area contributed by atoms with Crippen LogP contribution in [-0.4, -0.2) is 122 Å². The molecule has 2 aromatic rings. The van der Waals surface area contributed by atoms with Gasteiger partial charge in [0.1, 0.15) is 48.9 Å². The SMILES string of the molecule is CC[C@@H](C)C(=O)N[C@H](C(=O)N1CCC[C@H]1C(=O)N[C@@H]1CCCc2c(OCCOCCOc3cccc4c3CCC[C@H]4NC(=O)[C@@H]3CCCN3C(=O)[C@@H](NC(=O)[C@H](C)NC)C(C)C)cccc21)C(C)C. The summed E-state index contributed by atoms with van der Waals surface area (Å²) in [5, 5.41) is 15.3. The normalized spacial score (nSPS) is 21.7. The summed E-state index contributed by atoms with van der Waals surface area (Å²) in [6, 6.07) is 8.41. The van der Waals surface area contributed by atoms with Crippen molar-refractivity contribution in [3.63, 3.8) is 0 Å². The molecule has 0 radical (unpaired) electrons. The monoisotopic (exact) mass is 958 g/mol. The number of carbonyl (C=O) groups is 6. The molecule has 5 N–H and O–H groups in total. The van der Waals surface area contributed by atoms with E-state index in [0.29, 0.717) is 65.2 Å². The van der Waals surface area contributed by atoms with E-state index in [1.54, 1.807) is 23.8 Å². The van der Waals surface area contributed by atoms with Crippen molar-refractivity contribution in [3.8, 4) is 11.5 Å². The van der Waals surface area contributed by atoms with Gasteiger partial charge in [0, 0.05) is 19.0 Å². The van der Waals surface area contributed by atoms with Crippen LogP contribution < -0.4 is 36.1 Å². The number of likely N-dealkylation sites (tertiary alicyclic amines) is 2. The highest BCUT2D eigenvalue weighted by Crippen LogP contribution is 2.37. The standard InChI is InChI=1S/C53H79N7O9/c1-9-34(6)48(61)57-46(32(2)3)52(65)59-26-14-22-42(59)50(63)55-40-20-10-18-38-36(40)16-12-24-44(38)68-30-28-67-29-31-69-45-25-13-17-37-39(45)19-11-21-41(37)56-51(64)43-23-15-27-60(43)53(66)47(33(4)5)58-49(62)35(7)54-8/h12-13,16-17,24-25,32-35,40-43,46-47,54H,9-11,14-15,18-23,26-31H2,1-8H3,(H,55,63)(H,56,64)(H,57,61)(H,58,62)/t34-,35+,40-,41-,42+,43+,46+,47+/m1/s1. The zero-order chi connectivity index (χ0) is 49.8. The molecule has 69 heavy (non-hydrogen) atoms. The zero-order valence-electron chi connectivity index (χ0n) is 42.3. The molecule has 16 nitrogen and oxygen atoms in total. The van der Waals surface area contributed by atoms with Gasteiger partial charge in [0.15, 0.2) is 0 Å². The Hall–Kier alpha value is -5.22. The minimum atomic E-state index is -0.726. The van der Waals surface area contributed by atoms with Gasteiger partial charge in [-0.15, -0.1) is 0 Å². The molecule has 380 valence electrons. The molecule has 4 aliphatic rings. The predicted octanol–water partition coefficient (Wildman–Crippen LogP) is 5.07. The maximum absolute atomic E-state index is 13.9. The minimum Gasteiger partial charge on any atom is -0.491 e.